The van der Waals surface area contributed by atoms with E-state index >= 15 is 0 Å². The molecule has 100 valence electrons. The zero-order valence-electron chi connectivity index (χ0n) is 11.0. The molecule has 0 saturated carbocycles. The van der Waals surface area contributed by atoms with Crippen LogP contribution in [0.5, 0.6) is 0 Å². The van der Waals surface area contributed by atoms with Crippen LogP contribution in [0.2, 0.25) is 5.02 Å². The van der Waals surface area contributed by atoms with Gasteiger partial charge >= 0.3 is 0 Å². The van der Waals surface area contributed by atoms with Crippen molar-refractivity contribution in [3.8, 4) is 0 Å². The van der Waals surface area contributed by atoms with Gasteiger partial charge in [0.2, 0.25) is 0 Å². The Morgan fingerprint density at radius 3 is 2.74 bits per heavy atom. The molecule has 19 heavy (non-hydrogen) atoms. The molecule has 0 N–H and O–H groups in total. The highest BCUT2D eigenvalue weighted by Crippen LogP contribution is 2.23. The number of nitrogens with zero attached hydrogens (tertiary/aromatic N) is 2. The minimum absolute atomic E-state index is 0.461. The predicted octanol–water partition coefficient (Wildman–Crippen LogP) is 4.42. The van der Waals surface area contributed by atoms with E-state index < -0.39 is 0 Å². The van der Waals surface area contributed by atoms with Gasteiger partial charge < -0.3 is 4.90 Å². The summed E-state index contributed by atoms with van der Waals surface area (Å²) in [5, 5.41) is 0.759. The molecule has 0 fully saturated rings. The maximum atomic E-state index is 6.01. The van der Waals surface area contributed by atoms with Gasteiger partial charge in [-0.2, -0.15) is 0 Å². The molecule has 1 heterocycles. The Morgan fingerprint density at radius 2 is 2.05 bits per heavy atom. The third-order valence-corrected chi connectivity index (χ3v) is 3.49. The monoisotopic (exact) mass is 294 g/mol. The van der Waals surface area contributed by atoms with Crippen LogP contribution in [-0.2, 0) is 12.4 Å². The summed E-state index contributed by atoms with van der Waals surface area (Å²) in [5.41, 5.74) is 4.31. The van der Waals surface area contributed by atoms with Crippen molar-refractivity contribution >= 4 is 28.9 Å². The Kier molecular flexibility index (Phi) is 4.67. The van der Waals surface area contributed by atoms with E-state index in [9.17, 15) is 0 Å². The van der Waals surface area contributed by atoms with Crippen LogP contribution in [0.25, 0.3) is 0 Å². The van der Waals surface area contributed by atoms with Crippen LogP contribution in [0.1, 0.15) is 16.8 Å². The van der Waals surface area contributed by atoms with Crippen molar-refractivity contribution in [2.24, 2.45) is 0 Å². The number of hydrogen-bond acceptors (Lipinski definition) is 2. The molecular formula is C15H16Cl2N2. The normalized spacial score (nSPS) is 10.5. The van der Waals surface area contributed by atoms with E-state index in [1.165, 1.54) is 5.56 Å². The number of benzene rings is 1. The molecule has 2 nitrogen and oxygen atoms in total. The number of pyridine rings is 1. The van der Waals surface area contributed by atoms with E-state index in [-0.39, 0.29) is 0 Å². The molecule has 0 aliphatic carbocycles. The maximum absolute atomic E-state index is 6.01. The summed E-state index contributed by atoms with van der Waals surface area (Å²) in [6, 6.07) is 9.95. The number of rotatable bonds is 4. The van der Waals surface area contributed by atoms with Crippen LogP contribution in [0.3, 0.4) is 0 Å². The lowest BCUT2D eigenvalue weighted by Gasteiger charge is -2.22. The van der Waals surface area contributed by atoms with Crippen LogP contribution in [0, 0.1) is 6.92 Å². The smallest absolute Gasteiger partial charge is 0.0509 e. The molecule has 0 saturated heterocycles. The van der Waals surface area contributed by atoms with Gasteiger partial charge in [-0.25, -0.2) is 0 Å². The Morgan fingerprint density at radius 1 is 1.26 bits per heavy atom. The van der Waals surface area contributed by atoms with E-state index in [0.717, 1.165) is 28.5 Å². The Bertz CT molecular complexity index is 570. The lowest BCUT2D eigenvalue weighted by molar-refractivity contribution is 0.909. The molecule has 0 unspecified atom stereocenters. The fourth-order valence-corrected chi connectivity index (χ4v) is 2.45. The Balaban J connectivity index is 2.24. The van der Waals surface area contributed by atoms with Crippen molar-refractivity contribution in [3.05, 3.63) is 58.4 Å². The highest BCUT2D eigenvalue weighted by molar-refractivity contribution is 6.30. The van der Waals surface area contributed by atoms with Gasteiger partial charge in [-0.15, -0.1) is 11.6 Å². The zero-order chi connectivity index (χ0) is 13.8. The predicted molar refractivity (Wildman–Crippen MR) is 82.1 cm³/mol. The number of alkyl halides is 1. The number of halogens is 2. The van der Waals surface area contributed by atoms with Crippen molar-refractivity contribution in [3.63, 3.8) is 0 Å². The van der Waals surface area contributed by atoms with Gasteiger partial charge in [0.25, 0.3) is 0 Å². The molecule has 0 amide bonds. The number of hydrogen-bond donors (Lipinski definition) is 0. The van der Waals surface area contributed by atoms with Crippen molar-refractivity contribution in [1.29, 1.82) is 0 Å². The average Bonchev–Trinajstić information content (AvgIpc) is 2.38. The van der Waals surface area contributed by atoms with Gasteiger partial charge in [0.05, 0.1) is 5.88 Å². The van der Waals surface area contributed by atoms with Gasteiger partial charge in [-0.05, 0) is 30.7 Å². The van der Waals surface area contributed by atoms with Crippen LogP contribution < -0.4 is 4.90 Å². The highest BCUT2D eigenvalue weighted by atomic mass is 35.5. The zero-order valence-corrected chi connectivity index (χ0v) is 12.5. The van der Waals surface area contributed by atoms with Gasteiger partial charge in [0.15, 0.2) is 0 Å². The molecule has 0 bridgehead atoms. The summed E-state index contributed by atoms with van der Waals surface area (Å²) >= 11 is 12.0. The summed E-state index contributed by atoms with van der Waals surface area (Å²) in [4.78, 5) is 6.45. The molecule has 0 aliphatic heterocycles. The first kappa shape index (κ1) is 14.2. The first-order valence-electron chi connectivity index (χ1n) is 6.07. The molecule has 1 aromatic heterocycles. The van der Waals surface area contributed by atoms with Gasteiger partial charge in [0, 0.05) is 41.8 Å². The molecule has 0 spiro atoms. The van der Waals surface area contributed by atoms with E-state index in [0.29, 0.717) is 5.88 Å². The second-order valence-electron chi connectivity index (χ2n) is 4.57. The third kappa shape index (κ3) is 3.62. The van der Waals surface area contributed by atoms with Gasteiger partial charge in [-0.1, -0.05) is 23.7 Å². The fourth-order valence-electron chi connectivity index (χ4n) is 2.03. The molecule has 0 atom stereocenters. The minimum atomic E-state index is 0.461. The van der Waals surface area contributed by atoms with Gasteiger partial charge in [-0.3, -0.25) is 4.98 Å². The summed E-state index contributed by atoms with van der Waals surface area (Å²) in [6.07, 6.45) is 1.84. The van der Waals surface area contributed by atoms with Crippen molar-refractivity contribution in [2.75, 3.05) is 11.9 Å². The molecule has 4 heteroatoms. The lowest BCUT2D eigenvalue weighted by Crippen LogP contribution is -2.18. The lowest BCUT2D eigenvalue weighted by atomic mass is 10.1. The first-order valence-corrected chi connectivity index (χ1v) is 6.98. The van der Waals surface area contributed by atoms with Crippen LogP contribution in [-0.4, -0.2) is 12.0 Å². The van der Waals surface area contributed by atoms with E-state index in [4.69, 9.17) is 23.2 Å². The molecule has 2 rings (SSSR count). The largest absolute Gasteiger partial charge is 0.370 e. The van der Waals surface area contributed by atoms with Gasteiger partial charge in [0.1, 0.15) is 0 Å². The Labute approximate surface area is 124 Å². The maximum Gasteiger partial charge on any atom is 0.0509 e. The van der Waals surface area contributed by atoms with Crippen LogP contribution in [0.15, 0.2) is 36.5 Å². The second kappa shape index (κ2) is 6.27. The summed E-state index contributed by atoms with van der Waals surface area (Å²) < 4.78 is 0. The number of aromatic nitrogens is 1. The second-order valence-corrected chi connectivity index (χ2v) is 5.28. The summed E-state index contributed by atoms with van der Waals surface area (Å²) in [7, 11) is 2.05. The average molecular weight is 295 g/mol. The quantitative estimate of drug-likeness (QED) is 0.776. The fraction of sp³-hybridized carbons (Fsp3) is 0.267. The first-order chi connectivity index (χ1) is 9.10. The minimum Gasteiger partial charge on any atom is -0.370 e. The molecular weight excluding hydrogens is 279 g/mol. The van der Waals surface area contributed by atoms with E-state index in [1.54, 1.807) is 0 Å². The topological polar surface area (TPSA) is 16.1 Å². The molecule has 2 aromatic rings. The summed E-state index contributed by atoms with van der Waals surface area (Å²) in [5.74, 6) is 0.461. The molecule has 1 aromatic carbocycles. The molecule has 0 radical (unpaired) electrons. The molecule has 0 aliphatic rings. The van der Waals surface area contributed by atoms with Crippen molar-refractivity contribution < 1.29 is 0 Å². The standard InChI is InChI=1S/C15H16Cl2N2/c1-11-6-15(13(8-16)9-18-11)19(2)10-12-4-3-5-14(17)7-12/h3-7,9H,8,10H2,1-2H3. The van der Waals surface area contributed by atoms with E-state index in [2.05, 4.69) is 22.0 Å². The van der Waals surface area contributed by atoms with Crippen molar-refractivity contribution in [2.45, 2.75) is 19.3 Å². The van der Waals surface area contributed by atoms with Crippen LogP contribution >= 0.6 is 23.2 Å². The number of anilines is 1. The van der Waals surface area contributed by atoms with Crippen molar-refractivity contribution in [1.82, 2.24) is 4.98 Å². The highest BCUT2D eigenvalue weighted by Gasteiger charge is 2.09. The third-order valence-electron chi connectivity index (χ3n) is 2.96. The summed E-state index contributed by atoms with van der Waals surface area (Å²) in [6.45, 7) is 2.77. The van der Waals surface area contributed by atoms with Crippen LogP contribution in [0.4, 0.5) is 5.69 Å². The van der Waals surface area contributed by atoms with E-state index in [1.807, 2.05) is 38.4 Å². The SMILES string of the molecule is Cc1cc(N(C)Cc2cccc(Cl)c2)c(CCl)cn1. The Hall–Kier alpha value is -1.25. The number of aryl methyl sites for hydroxylation is 1.